The number of phenols is 1. The second-order valence-corrected chi connectivity index (χ2v) is 7.37. The van der Waals surface area contributed by atoms with Crippen molar-refractivity contribution in [2.75, 3.05) is 5.73 Å². The number of hydrogen-bond donors (Lipinski definition) is 3. The zero-order valence-corrected chi connectivity index (χ0v) is 14.4. The Hall–Kier alpha value is -2.42. The highest BCUT2D eigenvalue weighted by Gasteiger charge is 2.21. The minimum Gasteiger partial charge on any atom is -0.507 e. The third kappa shape index (κ3) is 2.56. The minimum atomic E-state index is -0.116. The van der Waals surface area contributed by atoms with Gasteiger partial charge in [0.1, 0.15) is 5.75 Å². The molecule has 0 saturated carbocycles. The van der Waals surface area contributed by atoms with E-state index in [-0.39, 0.29) is 5.41 Å². The molecular formula is C20H24N2O. The summed E-state index contributed by atoms with van der Waals surface area (Å²) >= 11 is 0. The first kappa shape index (κ1) is 15.5. The fourth-order valence-electron chi connectivity index (χ4n) is 3.13. The number of aromatic hydroxyl groups is 1. The maximum atomic E-state index is 10.4. The van der Waals surface area contributed by atoms with E-state index in [0.717, 1.165) is 39.0 Å². The summed E-state index contributed by atoms with van der Waals surface area (Å²) in [5.74, 6) is 0.388. The van der Waals surface area contributed by atoms with Gasteiger partial charge in [-0.1, -0.05) is 20.8 Å². The number of aromatic amines is 1. The lowest BCUT2D eigenvalue weighted by Crippen LogP contribution is -2.12. The Morgan fingerprint density at radius 2 is 1.74 bits per heavy atom. The van der Waals surface area contributed by atoms with Crippen LogP contribution in [0, 0.1) is 13.8 Å². The molecule has 3 nitrogen and oxygen atoms in total. The van der Waals surface area contributed by atoms with Gasteiger partial charge in [0, 0.05) is 27.8 Å². The smallest absolute Gasteiger partial charge is 0.122 e. The van der Waals surface area contributed by atoms with Crippen LogP contribution in [0.4, 0.5) is 5.69 Å². The largest absolute Gasteiger partial charge is 0.507 e. The molecule has 0 spiro atoms. The highest BCUT2D eigenvalue weighted by atomic mass is 16.3. The maximum Gasteiger partial charge on any atom is 0.122 e. The van der Waals surface area contributed by atoms with Crippen molar-refractivity contribution in [3.05, 3.63) is 47.0 Å². The number of nitrogen functional groups attached to an aromatic ring is 1. The average molecular weight is 308 g/mol. The summed E-state index contributed by atoms with van der Waals surface area (Å²) in [5, 5.41) is 11.6. The van der Waals surface area contributed by atoms with Gasteiger partial charge in [-0.25, -0.2) is 0 Å². The van der Waals surface area contributed by atoms with E-state index in [1.54, 1.807) is 0 Å². The Morgan fingerprint density at radius 3 is 2.39 bits per heavy atom. The molecular weight excluding hydrogens is 284 g/mol. The topological polar surface area (TPSA) is 62.0 Å². The van der Waals surface area contributed by atoms with E-state index >= 15 is 0 Å². The summed E-state index contributed by atoms with van der Waals surface area (Å²) in [4.78, 5) is 3.50. The molecule has 120 valence electrons. The summed E-state index contributed by atoms with van der Waals surface area (Å²) in [5.41, 5.74) is 12.9. The van der Waals surface area contributed by atoms with Gasteiger partial charge in [0.25, 0.3) is 0 Å². The lowest BCUT2D eigenvalue weighted by Gasteiger charge is -2.22. The van der Waals surface area contributed by atoms with Crippen LogP contribution in [0.1, 0.15) is 37.5 Å². The van der Waals surface area contributed by atoms with Gasteiger partial charge in [0.15, 0.2) is 0 Å². The summed E-state index contributed by atoms with van der Waals surface area (Å²) in [6.45, 7) is 10.4. The van der Waals surface area contributed by atoms with E-state index in [4.69, 9.17) is 5.73 Å². The monoisotopic (exact) mass is 308 g/mol. The third-order valence-corrected chi connectivity index (χ3v) is 4.48. The molecule has 23 heavy (non-hydrogen) atoms. The van der Waals surface area contributed by atoms with E-state index in [1.807, 2.05) is 31.2 Å². The first-order chi connectivity index (χ1) is 10.7. The fourth-order valence-corrected chi connectivity index (χ4v) is 3.13. The second kappa shape index (κ2) is 5.05. The zero-order chi connectivity index (χ0) is 16.9. The highest BCUT2D eigenvalue weighted by molar-refractivity contribution is 5.92. The van der Waals surface area contributed by atoms with Crippen LogP contribution in [0.15, 0.2) is 30.3 Å². The molecule has 0 fully saturated rings. The lowest BCUT2D eigenvalue weighted by molar-refractivity contribution is 0.443. The molecule has 0 unspecified atom stereocenters. The number of aromatic nitrogens is 1. The van der Waals surface area contributed by atoms with Crippen LogP contribution in [0.2, 0.25) is 0 Å². The first-order valence-electron chi connectivity index (χ1n) is 7.91. The normalized spacial score (nSPS) is 12.0. The zero-order valence-electron chi connectivity index (χ0n) is 14.4. The molecule has 3 heteroatoms. The molecule has 2 aromatic carbocycles. The van der Waals surface area contributed by atoms with Gasteiger partial charge < -0.3 is 15.8 Å². The van der Waals surface area contributed by atoms with Crippen molar-refractivity contribution in [1.29, 1.82) is 0 Å². The van der Waals surface area contributed by atoms with Crippen LogP contribution in [-0.4, -0.2) is 10.1 Å². The summed E-state index contributed by atoms with van der Waals surface area (Å²) in [6.07, 6.45) is 0. The Labute approximate surface area is 137 Å². The van der Waals surface area contributed by atoms with Crippen LogP contribution >= 0.6 is 0 Å². The molecule has 0 radical (unpaired) electrons. The maximum absolute atomic E-state index is 10.4. The van der Waals surface area contributed by atoms with E-state index < -0.39 is 0 Å². The predicted molar refractivity (Wildman–Crippen MR) is 98.0 cm³/mol. The van der Waals surface area contributed by atoms with Crippen molar-refractivity contribution < 1.29 is 5.11 Å². The van der Waals surface area contributed by atoms with Crippen molar-refractivity contribution in [2.45, 2.75) is 40.0 Å². The standard InChI is InChI=1S/C20H24N2O/c1-11-8-13(9-16(19(11)23)20(3,4)5)18-12(2)15-10-14(21)6-7-17(15)22-18/h6-10,22-23H,21H2,1-5H3. The number of nitrogens with two attached hydrogens (primary N) is 1. The van der Waals surface area contributed by atoms with Crippen molar-refractivity contribution in [1.82, 2.24) is 4.98 Å². The lowest BCUT2D eigenvalue weighted by atomic mass is 9.83. The number of H-pyrrole nitrogens is 1. The predicted octanol–water partition coefficient (Wildman–Crippen LogP) is 5.04. The SMILES string of the molecule is Cc1cc(-c2[nH]c3ccc(N)cc3c2C)cc(C(C)(C)C)c1O. The molecule has 3 aromatic rings. The van der Waals surface area contributed by atoms with Gasteiger partial charge in [0.2, 0.25) is 0 Å². The number of phenolic OH excluding ortho intramolecular Hbond substituents is 1. The molecule has 3 rings (SSSR count). The van der Waals surface area contributed by atoms with Crippen LogP contribution in [0.3, 0.4) is 0 Å². The second-order valence-electron chi connectivity index (χ2n) is 7.37. The summed E-state index contributed by atoms with van der Waals surface area (Å²) in [6, 6.07) is 10.0. The third-order valence-electron chi connectivity index (χ3n) is 4.48. The molecule has 0 bridgehead atoms. The van der Waals surface area contributed by atoms with Crippen LogP contribution in [0.5, 0.6) is 5.75 Å². The fraction of sp³-hybridized carbons (Fsp3) is 0.300. The first-order valence-corrected chi connectivity index (χ1v) is 7.91. The van der Waals surface area contributed by atoms with Gasteiger partial charge in [-0.15, -0.1) is 0 Å². The molecule has 4 N–H and O–H groups in total. The molecule has 0 aliphatic carbocycles. The van der Waals surface area contributed by atoms with Crippen molar-refractivity contribution in [3.63, 3.8) is 0 Å². The number of fused-ring (bicyclic) bond motifs is 1. The number of anilines is 1. The number of benzene rings is 2. The Kier molecular flexibility index (Phi) is 3.40. The Balaban J connectivity index is 2.27. The number of aryl methyl sites for hydroxylation is 2. The van der Waals surface area contributed by atoms with E-state index in [1.165, 1.54) is 5.56 Å². The van der Waals surface area contributed by atoms with Gasteiger partial charge in [-0.2, -0.15) is 0 Å². The molecule has 0 saturated heterocycles. The Bertz CT molecular complexity index is 898. The molecule has 1 aromatic heterocycles. The average Bonchev–Trinajstić information content (AvgIpc) is 2.77. The van der Waals surface area contributed by atoms with Gasteiger partial charge >= 0.3 is 0 Å². The number of hydrogen-bond acceptors (Lipinski definition) is 2. The minimum absolute atomic E-state index is 0.116. The summed E-state index contributed by atoms with van der Waals surface area (Å²) < 4.78 is 0. The van der Waals surface area contributed by atoms with E-state index in [2.05, 4.69) is 38.7 Å². The van der Waals surface area contributed by atoms with Crippen molar-refractivity contribution >= 4 is 16.6 Å². The van der Waals surface area contributed by atoms with Crippen LogP contribution in [-0.2, 0) is 5.41 Å². The molecule has 0 amide bonds. The highest BCUT2D eigenvalue weighted by Crippen LogP contribution is 2.38. The molecule has 0 aliphatic rings. The molecule has 0 aliphatic heterocycles. The van der Waals surface area contributed by atoms with Gasteiger partial charge in [-0.3, -0.25) is 0 Å². The van der Waals surface area contributed by atoms with Crippen molar-refractivity contribution in [3.8, 4) is 17.0 Å². The van der Waals surface area contributed by atoms with E-state index in [0.29, 0.717) is 5.75 Å². The van der Waals surface area contributed by atoms with Crippen LogP contribution in [0.25, 0.3) is 22.2 Å². The number of nitrogens with one attached hydrogen (secondary N) is 1. The molecule has 0 atom stereocenters. The van der Waals surface area contributed by atoms with Crippen LogP contribution < -0.4 is 5.73 Å². The Morgan fingerprint density at radius 1 is 1.04 bits per heavy atom. The number of rotatable bonds is 1. The van der Waals surface area contributed by atoms with E-state index in [9.17, 15) is 5.11 Å². The van der Waals surface area contributed by atoms with Gasteiger partial charge in [-0.05, 0) is 66.3 Å². The quantitative estimate of drug-likeness (QED) is 0.552. The van der Waals surface area contributed by atoms with Crippen molar-refractivity contribution in [2.24, 2.45) is 0 Å². The van der Waals surface area contributed by atoms with Gasteiger partial charge in [0.05, 0.1) is 0 Å². The molecule has 1 heterocycles. The summed E-state index contributed by atoms with van der Waals surface area (Å²) in [7, 11) is 0.